The number of allylic oxidation sites excluding steroid dienone is 8. The lowest BCUT2D eigenvalue weighted by Gasteiger charge is -2.27. The van der Waals surface area contributed by atoms with Gasteiger partial charge in [-0.2, -0.15) is 0 Å². The second-order valence-corrected chi connectivity index (χ2v) is 13.6. The Balaban J connectivity index is 0.00000128. The highest BCUT2D eigenvalue weighted by molar-refractivity contribution is 6.10. The van der Waals surface area contributed by atoms with Crippen LogP contribution in [0, 0.1) is 0 Å². The van der Waals surface area contributed by atoms with Crippen molar-refractivity contribution >= 4 is 17.1 Å². The Morgan fingerprint density at radius 2 is 1.13 bits per heavy atom. The summed E-state index contributed by atoms with van der Waals surface area (Å²) in [6.45, 7) is 20.2. The topological polar surface area (TPSA) is 30.8 Å². The maximum atomic E-state index is 4.25. The van der Waals surface area contributed by atoms with Crippen LogP contribution < -0.4 is 15.1 Å². The number of nitrogens with one attached hydrogen (secondary N) is 1. The SMILES string of the molecule is CCN1/C(=C/C=C2\CCC/C(=C\C=C3\N(CC)c4ccccc4C3(C)C)C2=[N+]2CCNCC2)C(C)(C)c2ccccc21.COC. The van der Waals surface area contributed by atoms with Gasteiger partial charge in [-0.1, -0.05) is 76.2 Å². The number of nitrogens with zero attached hydrogens (tertiary/aromatic N) is 3. The Bertz CT molecular complexity index is 1430. The number of piperazine rings is 1. The number of benzene rings is 2. The predicted molar refractivity (Wildman–Crippen MR) is 192 cm³/mol. The van der Waals surface area contributed by atoms with E-state index in [0.717, 1.165) is 52.1 Å². The van der Waals surface area contributed by atoms with Crippen LogP contribution in [0.5, 0.6) is 0 Å². The number of fused-ring (bicyclic) bond motifs is 2. The third kappa shape index (κ3) is 6.22. The van der Waals surface area contributed by atoms with Crippen molar-refractivity contribution < 1.29 is 9.31 Å². The molecule has 1 saturated heterocycles. The molecule has 0 unspecified atom stereocenters. The number of hydrogen-bond donors (Lipinski definition) is 1. The summed E-state index contributed by atoms with van der Waals surface area (Å²) in [6, 6.07) is 17.9. The van der Waals surface area contributed by atoms with Gasteiger partial charge in [-0.3, -0.25) is 0 Å². The van der Waals surface area contributed by atoms with E-state index in [1.807, 2.05) is 0 Å². The van der Waals surface area contributed by atoms with Crippen LogP contribution in [0.3, 0.4) is 0 Å². The van der Waals surface area contributed by atoms with E-state index < -0.39 is 0 Å². The Morgan fingerprint density at radius 1 is 0.711 bits per heavy atom. The average Bonchev–Trinajstić information content (AvgIpc) is 3.41. The van der Waals surface area contributed by atoms with Crippen molar-refractivity contribution in [2.24, 2.45) is 0 Å². The summed E-state index contributed by atoms with van der Waals surface area (Å²) in [6.07, 6.45) is 13.3. The number of para-hydroxylation sites is 2. The summed E-state index contributed by atoms with van der Waals surface area (Å²) in [5.74, 6) is 0. The molecule has 1 saturated carbocycles. The van der Waals surface area contributed by atoms with E-state index in [9.17, 15) is 0 Å². The third-order valence-electron chi connectivity index (χ3n) is 10.0. The fraction of sp³-hybridized carbons (Fsp3) is 0.475. The van der Waals surface area contributed by atoms with E-state index in [1.165, 1.54) is 57.2 Å². The largest absolute Gasteiger partial charge is 0.388 e. The molecule has 0 atom stereocenters. The summed E-state index contributed by atoms with van der Waals surface area (Å²) < 4.78 is 6.91. The fourth-order valence-corrected chi connectivity index (χ4v) is 7.85. The zero-order chi connectivity index (χ0) is 32.2. The average molecular weight is 608 g/mol. The Labute approximate surface area is 272 Å². The van der Waals surface area contributed by atoms with Gasteiger partial charge in [0.15, 0.2) is 13.1 Å². The molecular formula is C40H55N4O+. The van der Waals surface area contributed by atoms with Gasteiger partial charge in [0.1, 0.15) is 0 Å². The van der Waals surface area contributed by atoms with Crippen LogP contribution in [0.1, 0.15) is 71.9 Å². The molecule has 6 rings (SSSR count). The zero-order valence-electron chi connectivity index (χ0n) is 29.0. The molecule has 2 fully saturated rings. The Morgan fingerprint density at radius 3 is 1.56 bits per heavy atom. The van der Waals surface area contributed by atoms with Crippen LogP contribution in [0.15, 0.2) is 95.4 Å². The van der Waals surface area contributed by atoms with E-state index in [1.54, 1.807) is 14.2 Å². The molecule has 240 valence electrons. The summed E-state index contributed by atoms with van der Waals surface area (Å²) in [4.78, 5) is 5.03. The number of methoxy groups -OCH3 is 1. The molecule has 4 aliphatic rings. The number of ether oxygens (including phenoxy) is 1. The molecule has 0 radical (unpaired) electrons. The van der Waals surface area contributed by atoms with Crippen molar-refractivity contribution in [3.8, 4) is 0 Å². The molecule has 45 heavy (non-hydrogen) atoms. The van der Waals surface area contributed by atoms with Gasteiger partial charge >= 0.3 is 0 Å². The van der Waals surface area contributed by atoms with Gasteiger partial charge in [-0.15, -0.1) is 0 Å². The van der Waals surface area contributed by atoms with Crippen molar-refractivity contribution in [3.63, 3.8) is 0 Å². The Kier molecular flexibility index (Phi) is 10.2. The summed E-state index contributed by atoms with van der Waals surface area (Å²) in [5, 5.41) is 3.57. The molecule has 2 aromatic carbocycles. The lowest BCUT2D eigenvalue weighted by Crippen LogP contribution is -2.42. The first-order chi connectivity index (χ1) is 21.7. The van der Waals surface area contributed by atoms with Gasteiger partial charge in [0.2, 0.25) is 5.71 Å². The number of likely N-dealkylation sites (N-methyl/N-ethyl adjacent to an activating group) is 2. The smallest absolute Gasteiger partial charge is 0.206 e. The molecule has 1 aliphatic carbocycles. The van der Waals surface area contributed by atoms with Crippen molar-refractivity contribution in [1.29, 1.82) is 0 Å². The van der Waals surface area contributed by atoms with Crippen LogP contribution in [0.4, 0.5) is 11.4 Å². The lowest BCUT2D eigenvalue weighted by molar-refractivity contribution is -0.531. The monoisotopic (exact) mass is 607 g/mol. The molecule has 3 aliphatic heterocycles. The molecule has 5 heteroatoms. The Hall–Kier alpha value is -3.41. The summed E-state index contributed by atoms with van der Waals surface area (Å²) in [7, 11) is 3.25. The van der Waals surface area contributed by atoms with Gasteiger partial charge < -0.3 is 19.9 Å². The van der Waals surface area contributed by atoms with Gasteiger partial charge in [-0.05, 0) is 68.5 Å². The highest BCUT2D eigenvalue weighted by atomic mass is 16.4. The first kappa shape index (κ1) is 33.0. The second kappa shape index (κ2) is 13.9. The van der Waals surface area contributed by atoms with E-state index in [4.69, 9.17) is 0 Å². The summed E-state index contributed by atoms with van der Waals surface area (Å²) in [5.41, 5.74) is 12.8. The van der Waals surface area contributed by atoms with Gasteiger partial charge in [0, 0.05) is 72.1 Å². The minimum atomic E-state index is -0.0106. The van der Waals surface area contributed by atoms with Crippen molar-refractivity contribution in [2.45, 2.75) is 71.6 Å². The van der Waals surface area contributed by atoms with Gasteiger partial charge in [-0.25, -0.2) is 4.58 Å². The fourth-order valence-electron chi connectivity index (χ4n) is 7.85. The number of rotatable bonds is 4. The lowest BCUT2D eigenvalue weighted by atomic mass is 9.82. The van der Waals surface area contributed by atoms with Gasteiger partial charge in [0.25, 0.3) is 0 Å². The van der Waals surface area contributed by atoms with Crippen LogP contribution in [-0.4, -0.2) is 63.8 Å². The highest BCUT2D eigenvalue weighted by Crippen LogP contribution is 2.48. The molecule has 2 aromatic rings. The molecule has 0 bridgehead atoms. The molecule has 5 nitrogen and oxygen atoms in total. The van der Waals surface area contributed by atoms with Crippen molar-refractivity contribution in [1.82, 2.24) is 5.32 Å². The highest BCUT2D eigenvalue weighted by Gasteiger charge is 2.40. The third-order valence-corrected chi connectivity index (χ3v) is 10.0. The number of anilines is 2. The number of hydrogen-bond acceptors (Lipinski definition) is 4. The van der Waals surface area contributed by atoms with Crippen molar-refractivity contribution in [3.05, 3.63) is 107 Å². The normalized spacial score (nSPS) is 23.9. The first-order valence-electron chi connectivity index (χ1n) is 17.0. The van der Waals surface area contributed by atoms with E-state index in [-0.39, 0.29) is 10.8 Å². The molecular weight excluding hydrogens is 552 g/mol. The quantitative estimate of drug-likeness (QED) is 0.360. The first-order valence-corrected chi connectivity index (χ1v) is 17.0. The maximum absolute atomic E-state index is 4.25. The minimum absolute atomic E-state index is 0.0106. The van der Waals surface area contributed by atoms with Crippen molar-refractivity contribution in [2.75, 3.05) is 63.3 Å². The summed E-state index contributed by atoms with van der Waals surface area (Å²) >= 11 is 0. The van der Waals surface area contributed by atoms with Crippen LogP contribution in [0.25, 0.3) is 0 Å². The molecule has 1 N–H and O–H groups in total. The minimum Gasteiger partial charge on any atom is -0.388 e. The van der Waals surface area contributed by atoms with E-state index in [2.05, 4.69) is 139 Å². The molecule has 3 heterocycles. The van der Waals surface area contributed by atoms with Crippen LogP contribution in [0.2, 0.25) is 0 Å². The molecule has 0 aromatic heterocycles. The standard InChI is InChI=1S/C38H49N4.C2H6O/c1-7-41-32-18-11-9-16-30(32)37(3,4)34(41)22-20-28-14-13-15-29(36(28)40-26-24-39-25-27-40)21-23-35-38(5,6)31-17-10-12-19-33(31)42(35)8-2;1-3-2/h9-12,16-23,39H,7-8,13-15,24-27H2,1-6H3;1-2H3/q+1;. The molecule has 0 amide bonds. The molecule has 0 spiro atoms. The zero-order valence-corrected chi connectivity index (χ0v) is 29.0. The van der Waals surface area contributed by atoms with Gasteiger partial charge in [0.05, 0.1) is 13.1 Å². The second-order valence-electron chi connectivity index (χ2n) is 13.6. The van der Waals surface area contributed by atoms with E-state index in [0.29, 0.717) is 0 Å². The maximum Gasteiger partial charge on any atom is 0.206 e. The van der Waals surface area contributed by atoms with E-state index >= 15 is 0 Å². The van der Waals surface area contributed by atoms with Crippen LogP contribution >= 0.6 is 0 Å². The van der Waals surface area contributed by atoms with Crippen LogP contribution in [-0.2, 0) is 15.6 Å². The predicted octanol–water partition coefficient (Wildman–Crippen LogP) is 7.75.